The first-order valence-corrected chi connectivity index (χ1v) is 6.28. The summed E-state index contributed by atoms with van der Waals surface area (Å²) >= 11 is 0. The average molecular weight is 253 g/mol. The Hall–Kier alpha value is -1.47. The van der Waals surface area contributed by atoms with Gasteiger partial charge in [-0.3, -0.25) is 9.89 Å². The van der Waals surface area contributed by atoms with Crippen LogP contribution in [0.15, 0.2) is 6.33 Å². The number of morpholine rings is 1. The molecule has 1 saturated heterocycles. The topological polar surface area (TPSA) is 91.9 Å². The van der Waals surface area contributed by atoms with E-state index in [0.717, 1.165) is 31.8 Å². The Morgan fingerprint density at radius 1 is 1.61 bits per heavy atom. The van der Waals surface area contributed by atoms with Gasteiger partial charge in [-0.1, -0.05) is 0 Å². The summed E-state index contributed by atoms with van der Waals surface area (Å²) in [4.78, 5) is 15.6. The highest BCUT2D eigenvalue weighted by Crippen LogP contribution is 2.01. The molecule has 7 nitrogen and oxygen atoms in total. The van der Waals surface area contributed by atoms with E-state index in [2.05, 4.69) is 25.8 Å². The number of amides is 1. The summed E-state index contributed by atoms with van der Waals surface area (Å²) in [6.45, 7) is 2.96. The number of rotatable bonds is 6. The molecule has 1 atom stereocenters. The van der Waals surface area contributed by atoms with Gasteiger partial charge >= 0.3 is 0 Å². The lowest BCUT2D eigenvalue weighted by atomic mass is 10.2. The third-order valence-electron chi connectivity index (χ3n) is 2.79. The van der Waals surface area contributed by atoms with Crippen LogP contribution < -0.4 is 10.6 Å². The lowest BCUT2D eigenvalue weighted by molar-refractivity contribution is -0.124. The number of hydrogen-bond donors (Lipinski definition) is 3. The lowest BCUT2D eigenvalue weighted by Crippen LogP contribution is -2.41. The van der Waals surface area contributed by atoms with Gasteiger partial charge in [0.1, 0.15) is 12.2 Å². The maximum absolute atomic E-state index is 11.6. The highest BCUT2D eigenvalue weighted by Gasteiger charge is 2.16. The fourth-order valence-electron chi connectivity index (χ4n) is 1.86. The third-order valence-corrected chi connectivity index (χ3v) is 2.79. The van der Waals surface area contributed by atoms with Crippen molar-refractivity contribution in [3.8, 4) is 0 Å². The fourth-order valence-corrected chi connectivity index (χ4v) is 1.86. The van der Waals surface area contributed by atoms with Crippen LogP contribution in [0.3, 0.4) is 0 Å². The molecule has 1 aromatic heterocycles. The van der Waals surface area contributed by atoms with E-state index in [0.29, 0.717) is 19.6 Å². The maximum atomic E-state index is 11.6. The molecule has 2 rings (SSSR count). The minimum atomic E-state index is 0.00743. The van der Waals surface area contributed by atoms with Crippen LogP contribution >= 0.6 is 0 Å². The van der Waals surface area contributed by atoms with Crippen LogP contribution in [-0.4, -0.2) is 53.4 Å². The summed E-state index contributed by atoms with van der Waals surface area (Å²) in [7, 11) is 0. The van der Waals surface area contributed by atoms with Crippen molar-refractivity contribution in [3.05, 3.63) is 12.2 Å². The minimum absolute atomic E-state index is 0.00743. The van der Waals surface area contributed by atoms with Gasteiger partial charge in [-0.2, -0.15) is 5.10 Å². The van der Waals surface area contributed by atoms with Crippen molar-refractivity contribution in [2.45, 2.75) is 25.4 Å². The smallest absolute Gasteiger partial charge is 0.222 e. The molecule has 1 aliphatic rings. The van der Waals surface area contributed by atoms with E-state index in [-0.39, 0.29) is 12.0 Å². The average Bonchev–Trinajstić information content (AvgIpc) is 2.89. The van der Waals surface area contributed by atoms with E-state index in [1.807, 2.05) is 0 Å². The zero-order valence-corrected chi connectivity index (χ0v) is 10.3. The van der Waals surface area contributed by atoms with Gasteiger partial charge in [-0.25, -0.2) is 4.98 Å². The second kappa shape index (κ2) is 7.07. The first-order valence-electron chi connectivity index (χ1n) is 6.28. The van der Waals surface area contributed by atoms with E-state index >= 15 is 0 Å². The largest absolute Gasteiger partial charge is 0.375 e. The Bertz CT molecular complexity index is 348. The SMILES string of the molecule is O=C(CC1CNCCO1)NCCCc1ncn[nH]1. The van der Waals surface area contributed by atoms with Crippen LogP contribution in [0.1, 0.15) is 18.7 Å². The van der Waals surface area contributed by atoms with Crippen molar-refractivity contribution in [1.82, 2.24) is 25.8 Å². The van der Waals surface area contributed by atoms with Crippen molar-refractivity contribution in [2.75, 3.05) is 26.2 Å². The fraction of sp³-hybridized carbons (Fsp3) is 0.727. The van der Waals surface area contributed by atoms with Gasteiger partial charge in [0.15, 0.2) is 0 Å². The van der Waals surface area contributed by atoms with Crippen LogP contribution in [0, 0.1) is 0 Å². The molecule has 1 amide bonds. The van der Waals surface area contributed by atoms with Crippen molar-refractivity contribution in [2.24, 2.45) is 0 Å². The molecule has 0 saturated carbocycles. The number of ether oxygens (including phenoxy) is 1. The molecule has 1 aliphatic heterocycles. The number of aryl methyl sites for hydroxylation is 1. The number of carbonyl (C=O) groups is 1. The number of hydrogen-bond acceptors (Lipinski definition) is 5. The second-order valence-electron chi connectivity index (χ2n) is 4.29. The molecule has 18 heavy (non-hydrogen) atoms. The van der Waals surface area contributed by atoms with Crippen LogP contribution in [0.4, 0.5) is 0 Å². The Morgan fingerprint density at radius 2 is 2.56 bits per heavy atom. The third kappa shape index (κ3) is 4.42. The number of nitrogens with zero attached hydrogens (tertiary/aromatic N) is 2. The summed E-state index contributed by atoms with van der Waals surface area (Å²) in [5.74, 6) is 0.894. The predicted molar refractivity (Wildman–Crippen MR) is 64.9 cm³/mol. The van der Waals surface area contributed by atoms with Gasteiger partial charge in [0.05, 0.1) is 19.1 Å². The number of nitrogens with one attached hydrogen (secondary N) is 3. The van der Waals surface area contributed by atoms with Gasteiger partial charge in [0.25, 0.3) is 0 Å². The highest BCUT2D eigenvalue weighted by atomic mass is 16.5. The predicted octanol–water partition coefficient (Wildman–Crippen LogP) is -0.768. The lowest BCUT2D eigenvalue weighted by Gasteiger charge is -2.23. The Labute approximate surface area is 106 Å². The molecule has 0 aliphatic carbocycles. The van der Waals surface area contributed by atoms with E-state index in [9.17, 15) is 4.79 Å². The molecule has 0 radical (unpaired) electrons. The molecular formula is C11H19N5O2. The van der Waals surface area contributed by atoms with Crippen LogP contribution in [0.5, 0.6) is 0 Å². The zero-order valence-electron chi connectivity index (χ0n) is 10.3. The number of aromatic nitrogens is 3. The standard InChI is InChI=1S/C11H19N5O2/c17-11(6-9-7-12-4-5-18-9)13-3-1-2-10-14-8-15-16-10/h8-9,12H,1-7H2,(H,13,17)(H,14,15,16). The van der Waals surface area contributed by atoms with E-state index in [4.69, 9.17) is 4.74 Å². The van der Waals surface area contributed by atoms with Crippen LogP contribution in [0.25, 0.3) is 0 Å². The molecule has 1 aromatic rings. The van der Waals surface area contributed by atoms with E-state index < -0.39 is 0 Å². The maximum Gasteiger partial charge on any atom is 0.222 e. The first kappa shape index (κ1) is 13.0. The van der Waals surface area contributed by atoms with Gasteiger partial charge in [0, 0.05) is 26.1 Å². The van der Waals surface area contributed by atoms with Gasteiger partial charge < -0.3 is 15.4 Å². The molecule has 0 spiro atoms. The van der Waals surface area contributed by atoms with Gasteiger partial charge in [0.2, 0.25) is 5.91 Å². The van der Waals surface area contributed by atoms with E-state index in [1.165, 1.54) is 6.33 Å². The first-order chi connectivity index (χ1) is 8.84. The molecule has 2 heterocycles. The number of aromatic amines is 1. The zero-order chi connectivity index (χ0) is 12.6. The molecule has 0 bridgehead atoms. The van der Waals surface area contributed by atoms with Crippen LogP contribution in [0.2, 0.25) is 0 Å². The summed E-state index contributed by atoms with van der Waals surface area (Å²) in [5, 5.41) is 12.6. The summed E-state index contributed by atoms with van der Waals surface area (Å²) < 4.78 is 5.47. The van der Waals surface area contributed by atoms with Gasteiger partial charge in [-0.05, 0) is 6.42 Å². The van der Waals surface area contributed by atoms with Crippen molar-refractivity contribution in [1.29, 1.82) is 0 Å². The second-order valence-corrected chi connectivity index (χ2v) is 4.29. The highest BCUT2D eigenvalue weighted by molar-refractivity contribution is 5.76. The molecule has 100 valence electrons. The molecule has 0 aromatic carbocycles. The van der Waals surface area contributed by atoms with Gasteiger partial charge in [-0.15, -0.1) is 0 Å². The Kier molecular flexibility index (Phi) is 5.10. The molecule has 3 N–H and O–H groups in total. The number of carbonyl (C=O) groups excluding carboxylic acids is 1. The molecule has 1 fully saturated rings. The Balaban J connectivity index is 1.54. The summed E-state index contributed by atoms with van der Waals surface area (Å²) in [6.07, 6.45) is 3.57. The van der Waals surface area contributed by atoms with Crippen LogP contribution in [-0.2, 0) is 16.0 Å². The molecule has 7 heteroatoms. The summed E-state index contributed by atoms with van der Waals surface area (Å²) in [5.41, 5.74) is 0. The summed E-state index contributed by atoms with van der Waals surface area (Å²) in [6, 6.07) is 0. The van der Waals surface area contributed by atoms with Crippen molar-refractivity contribution >= 4 is 5.91 Å². The molecular weight excluding hydrogens is 234 g/mol. The normalized spacial score (nSPS) is 19.7. The Morgan fingerprint density at radius 3 is 3.28 bits per heavy atom. The van der Waals surface area contributed by atoms with Crippen molar-refractivity contribution in [3.63, 3.8) is 0 Å². The quantitative estimate of drug-likeness (QED) is 0.579. The monoisotopic (exact) mass is 253 g/mol. The number of H-pyrrole nitrogens is 1. The molecule has 1 unspecified atom stereocenters. The minimum Gasteiger partial charge on any atom is -0.375 e. The van der Waals surface area contributed by atoms with Crippen molar-refractivity contribution < 1.29 is 9.53 Å². The van der Waals surface area contributed by atoms with E-state index in [1.54, 1.807) is 0 Å².